The summed E-state index contributed by atoms with van der Waals surface area (Å²) in [4.78, 5) is 39.3. The molecule has 0 unspecified atom stereocenters. The fourth-order valence-electron chi connectivity index (χ4n) is 2.83. The number of nitro benzene ring substituents is 1. The fraction of sp³-hybridized carbons (Fsp3) is 0.190. The van der Waals surface area contributed by atoms with Crippen LogP contribution in [0.1, 0.15) is 17.3 Å². The number of carbonyl (C=O) groups excluding carboxylic acids is 1. The van der Waals surface area contributed by atoms with E-state index in [0.717, 1.165) is 17.4 Å². The summed E-state index contributed by atoms with van der Waals surface area (Å²) in [5.41, 5.74) is 0.784. The highest BCUT2D eigenvalue weighted by atomic mass is 35.5. The number of non-ortho nitro benzene ring substituents is 1. The second kappa shape index (κ2) is 9.86. The Morgan fingerprint density at radius 2 is 1.97 bits per heavy atom. The zero-order valence-electron chi connectivity index (χ0n) is 16.6. The number of nitrogens with zero attached hydrogens (tertiary/aromatic N) is 3. The third kappa shape index (κ3) is 5.46. The number of rotatable bonds is 8. The van der Waals surface area contributed by atoms with Crippen LogP contribution in [0.5, 0.6) is 5.75 Å². The van der Waals surface area contributed by atoms with Gasteiger partial charge in [-0.15, -0.1) is 0 Å². The minimum atomic E-state index is -0.607. The number of nitrogens with one attached hydrogen (secondary N) is 1. The second-order valence-corrected chi connectivity index (χ2v) is 6.85. The van der Waals surface area contributed by atoms with Gasteiger partial charge in [0.25, 0.3) is 17.2 Å². The van der Waals surface area contributed by atoms with Crippen LogP contribution in [-0.2, 0) is 6.54 Å². The number of nitro groups is 1. The summed E-state index contributed by atoms with van der Waals surface area (Å²) in [6.07, 6.45) is 1.40. The molecule has 3 rings (SSSR count). The molecule has 0 radical (unpaired) electrons. The number of carbonyl (C=O) groups is 1. The molecular formula is C21H19ClN4O5. The van der Waals surface area contributed by atoms with Crippen molar-refractivity contribution in [1.82, 2.24) is 14.9 Å². The first kappa shape index (κ1) is 22.0. The van der Waals surface area contributed by atoms with Crippen molar-refractivity contribution in [2.45, 2.75) is 13.5 Å². The van der Waals surface area contributed by atoms with Gasteiger partial charge in [0, 0.05) is 36.9 Å². The van der Waals surface area contributed by atoms with E-state index in [1.54, 1.807) is 12.1 Å². The Morgan fingerprint density at radius 1 is 1.23 bits per heavy atom. The molecule has 1 amide bonds. The molecule has 9 nitrogen and oxygen atoms in total. The highest BCUT2D eigenvalue weighted by Crippen LogP contribution is 2.22. The number of benzene rings is 2. The summed E-state index contributed by atoms with van der Waals surface area (Å²) in [5, 5.41) is 13.6. The van der Waals surface area contributed by atoms with Crippen molar-refractivity contribution in [2.24, 2.45) is 0 Å². The molecule has 1 aromatic heterocycles. The number of hydrogen-bond acceptors (Lipinski definition) is 6. The second-order valence-electron chi connectivity index (χ2n) is 6.44. The molecule has 0 aliphatic heterocycles. The van der Waals surface area contributed by atoms with Gasteiger partial charge in [-0.3, -0.25) is 24.3 Å². The van der Waals surface area contributed by atoms with Crippen molar-refractivity contribution in [2.75, 3.05) is 13.2 Å². The lowest BCUT2D eigenvalue weighted by atomic mass is 10.1. The Hall–Kier alpha value is -3.72. The maximum Gasteiger partial charge on any atom is 0.270 e. The van der Waals surface area contributed by atoms with Gasteiger partial charge in [0.15, 0.2) is 0 Å². The van der Waals surface area contributed by atoms with E-state index in [4.69, 9.17) is 16.3 Å². The van der Waals surface area contributed by atoms with Crippen LogP contribution < -0.4 is 15.6 Å². The van der Waals surface area contributed by atoms with Crippen molar-refractivity contribution in [3.05, 3.63) is 85.9 Å². The molecular weight excluding hydrogens is 424 g/mol. The minimum absolute atomic E-state index is 0.00724. The molecule has 0 bridgehead atoms. The normalized spacial score (nSPS) is 10.5. The average molecular weight is 443 g/mol. The Kier molecular flexibility index (Phi) is 6.99. The highest BCUT2D eigenvalue weighted by Gasteiger charge is 2.15. The van der Waals surface area contributed by atoms with Gasteiger partial charge in [0.05, 0.1) is 34.1 Å². The monoisotopic (exact) mass is 442 g/mol. The third-order valence-corrected chi connectivity index (χ3v) is 4.71. The Labute approximate surface area is 182 Å². The first-order valence-corrected chi connectivity index (χ1v) is 9.78. The van der Waals surface area contributed by atoms with Crippen LogP contribution >= 0.6 is 11.6 Å². The van der Waals surface area contributed by atoms with E-state index in [1.165, 1.54) is 29.1 Å². The van der Waals surface area contributed by atoms with Crippen molar-refractivity contribution >= 4 is 23.2 Å². The molecule has 0 spiro atoms. The molecule has 3 aromatic rings. The van der Waals surface area contributed by atoms with E-state index in [9.17, 15) is 19.7 Å². The van der Waals surface area contributed by atoms with Crippen molar-refractivity contribution in [3.8, 4) is 17.0 Å². The van der Waals surface area contributed by atoms with E-state index in [2.05, 4.69) is 10.3 Å². The molecule has 1 heterocycles. The smallest absolute Gasteiger partial charge is 0.270 e. The molecule has 0 saturated heterocycles. The van der Waals surface area contributed by atoms with Gasteiger partial charge in [-0.25, -0.2) is 4.98 Å². The zero-order chi connectivity index (χ0) is 22.4. The van der Waals surface area contributed by atoms with Gasteiger partial charge in [-0.05, 0) is 37.3 Å². The lowest BCUT2D eigenvalue weighted by Crippen LogP contribution is -2.31. The molecule has 0 atom stereocenters. The average Bonchev–Trinajstić information content (AvgIpc) is 2.75. The number of ether oxygens (including phenoxy) is 1. The molecule has 0 fully saturated rings. The highest BCUT2D eigenvalue weighted by molar-refractivity contribution is 6.33. The van der Waals surface area contributed by atoms with E-state index >= 15 is 0 Å². The van der Waals surface area contributed by atoms with Gasteiger partial charge in [0.1, 0.15) is 5.75 Å². The van der Waals surface area contributed by atoms with Gasteiger partial charge in [-0.2, -0.15) is 0 Å². The predicted octanol–water partition coefficient (Wildman–Crippen LogP) is 3.30. The first-order chi connectivity index (χ1) is 14.9. The van der Waals surface area contributed by atoms with Gasteiger partial charge in [0.2, 0.25) is 0 Å². The van der Waals surface area contributed by atoms with Crippen LogP contribution in [0.2, 0.25) is 5.02 Å². The van der Waals surface area contributed by atoms with Crippen LogP contribution in [0.15, 0.2) is 59.7 Å². The van der Waals surface area contributed by atoms with Crippen LogP contribution in [-0.4, -0.2) is 33.5 Å². The molecule has 160 valence electrons. The van der Waals surface area contributed by atoms with E-state index in [-0.39, 0.29) is 34.9 Å². The Bertz CT molecular complexity index is 1160. The summed E-state index contributed by atoms with van der Waals surface area (Å²) in [7, 11) is 0. The van der Waals surface area contributed by atoms with Crippen molar-refractivity contribution in [1.29, 1.82) is 0 Å². The Balaban J connectivity index is 1.64. The topological polar surface area (TPSA) is 116 Å². The summed E-state index contributed by atoms with van der Waals surface area (Å²) in [5.74, 6) is 0.167. The van der Waals surface area contributed by atoms with Crippen LogP contribution in [0, 0.1) is 10.1 Å². The predicted molar refractivity (Wildman–Crippen MR) is 116 cm³/mol. The number of amides is 1. The SMILES string of the molecule is CCOc1ccc(-c2cc(=O)n(CCNC(=O)c3cc([N+](=O)[O-])ccc3Cl)cn2)cc1. The van der Waals surface area contributed by atoms with Crippen molar-refractivity contribution in [3.63, 3.8) is 0 Å². The number of hydrogen-bond donors (Lipinski definition) is 1. The number of aromatic nitrogens is 2. The molecule has 31 heavy (non-hydrogen) atoms. The van der Waals surface area contributed by atoms with E-state index in [0.29, 0.717) is 12.3 Å². The molecule has 1 N–H and O–H groups in total. The zero-order valence-corrected chi connectivity index (χ0v) is 17.3. The molecule has 10 heteroatoms. The maximum absolute atomic E-state index is 12.4. The van der Waals surface area contributed by atoms with Gasteiger partial charge >= 0.3 is 0 Å². The van der Waals surface area contributed by atoms with Crippen LogP contribution in [0.25, 0.3) is 11.3 Å². The standard InChI is InChI=1S/C21H19ClN4O5/c1-2-31-16-6-3-14(4-7-16)19-12-20(27)25(13-24-19)10-9-23-21(28)17-11-15(26(29)30)5-8-18(17)22/h3-8,11-13H,2,9-10H2,1H3,(H,23,28). The molecule has 0 aliphatic rings. The van der Waals surface area contributed by atoms with E-state index in [1.807, 2.05) is 19.1 Å². The summed E-state index contributed by atoms with van der Waals surface area (Å²) in [6, 6.07) is 12.3. The third-order valence-electron chi connectivity index (χ3n) is 4.38. The first-order valence-electron chi connectivity index (χ1n) is 9.41. The number of halogens is 1. The lowest BCUT2D eigenvalue weighted by molar-refractivity contribution is -0.384. The summed E-state index contributed by atoms with van der Waals surface area (Å²) < 4.78 is 6.75. The minimum Gasteiger partial charge on any atom is -0.494 e. The van der Waals surface area contributed by atoms with E-state index < -0.39 is 10.8 Å². The lowest BCUT2D eigenvalue weighted by Gasteiger charge is -2.09. The largest absolute Gasteiger partial charge is 0.494 e. The van der Waals surface area contributed by atoms with Gasteiger partial charge in [-0.1, -0.05) is 11.6 Å². The Morgan fingerprint density at radius 3 is 2.61 bits per heavy atom. The van der Waals surface area contributed by atoms with Gasteiger partial charge < -0.3 is 10.1 Å². The maximum atomic E-state index is 12.4. The summed E-state index contributed by atoms with van der Waals surface area (Å²) >= 11 is 5.96. The van der Waals surface area contributed by atoms with Crippen molar-refractivity contribution < 1.29 is 14.5 Å². The van der Waals surface area contributed by atoms with Crippen LogP contribution in [0.3, 0.4) is 0 Å². The molecule has 2 aromatic carbocycles. The van der Waals surface area contributed by atoms with Crippen LogP contribution in [0.4, 0.5) is 5.69 Å². The quantitative estimate of drug-likeness (QED) is 0.422. The summed E-state index contributed by atoms with van der Waals surface area (Å²) in [6.45, 7) is 2.75. The fourth-order valence-corrected chi connectivity index (χ4v) is 3.03. The molecule has 0 aliphatic carbocycles. The molecule has 0 saturated carbocycles.